The SMILES string of the molecule is CCOc1cc(C(=O)NCc2ccccc2CN(CC)CC)ccc1OC. The molecule has 1 N–H and O–H groups in total. The maximum Gasteiger partial charge on any atom is 0.251 e. The number of ether oxygens (including phenoxy) is 2. The Morgan fingerprint density at radius 2 is 1.70 bits per heavy atom. The highest BCUT2D eigenvalue weighted by Crippen LogP contribution is 2.28. The predicted molar refractivity (Wildman–Crippen MR) is 108 cm³/mol. The Bertz CT molecular complexity index is 742. The van der Waals surface area contributed by atoms with Crippen LogP contribution in [0.15, 0.2) is 42.5 Å². The van der Waals surface area contributed by atoms with Crippen molar-refractivity contribution < 1.29 is 14.3 Å². The minimum atomic E-state index is -0.128. The molecule has 0 aromatic heterocycles. The second-order valence-corrected chi connectivity index (χ2v) is 6.21. The predicted octanol–water partition coefficient (Wildman–Crippen LogP) is 3.87. The number of nitrogens with zero attached hydrogens (tertiary/aromatic N) is 1. The summed E-state index contributed by atoms with van der Waals surface area (Å²) in [5.74, 6) is 1.07. The van der Waals surface area contributed by atoms with Gasteiger partial charge in [-0.3, -0.25) is 9.69 Å². The normalized spacial score (nSPS) is 10.7. The molecule has 0 spiro atoms. The van der Waals surface area contributed by atoms with E-state index < -0.39 is 0 Å². The van der Waals surface area contributed by atoms with Gasteiger partial charge in [-0.2, -0.15) is 0 Å². The van der Waals surface area contributed by atoms with Crippen LogP contribution in [0.4, 0.5) is 0 Å². The second-order valence-electron chi connectivity index (χ2n) is 6.21. The smallest absolute Gasteiger partial charge is 0.251 e. The highest BCUT2D eigenvalue weighted by molar-refractivity contribution is 5.94. The number of rotatable bonds is 10. The highest BCUT2D eigenvalue weighted by Gasteiger charge is 2.12. The van der Waals surface area contributed by atoms with Crippen molar-refractivity contribution in [3.05, 3.63) is 59.2 Å². The number of amides is 1. The highest BCUT2D eigenvalue weighted by atomic mass is 16.5. The molecule has 0 aliphatic heterocycles. The summed E-state index contributed by atoms with van der Waals surface area (Å²) in [7, 11) is 1.59. The Morgan fingerprint density at radius 1 is 1.00 bits per heavy atom. The van der Waals surface area contributed by atoms with E-state index in [0.717, 1.165) is 25.2 Å². The summed E-state index contributed by atoms with van der Waals surface area (Å²) in [4.78, 5) is 15.0. The molecule has 0 saturated heterocycles. The molecule has 0 aliphatic carbocycles. The lowest BCUT2D eigenvalue weighted by Crippen LogP contribution is -2.26. The van der Waals surface area contributed by atoms with Crippen LogP contribution in [0.5, 0.6) is 11.5 Å². The Balaban J connectivity index is 2.09. The lowest BCUT2D eigenvalue weighted by molar-refractivity contribution is 0.0950. The first kappa shape index (κ1) is 20.8. The van der Waals surface area contributed by atoms with Gasteiger partial charge in [-0.25, -0.2) is 0 Å². The number of hydrogen-bond donors (Lipinski definition) is 1. The molecule has 1 amide bonds. The van der Waals surface area contributed by atoms with Crippen LogP contribution in [0.2, 0.25) is 0 Å². The summed E-state index contributed by atoms with van der Waals surface area (Å²) in [5, 5.41) is 3.02. The van der Waals surface area contributed by atoms with Gasteiger partial charge in [-0.1, -0.05) is 38.1 Å². The minimum Gasteiger partial charge on any atom is -0.493 e. The van der Waals surface area contributed by atoms with E-state index in [0.29, 0.717) is 30.2 Å². The van der Waals surface area contributed by atoms with Gasteiger partial charge >= 0.3 is 0 Å². The maximum atomic E-state index is 12.6. The zero-order valence-corrected chi connectivity index (χ0v) is 16.7. The zero-order chi connectivity index (χ0) is 19.6. The summed E-state index contributed by atoms with van der Waals surface area (Å²) in [5.41, 5.74) is 2.93. The standard InChI is InChI=1S/C22H30N2O3/c1-5-24(6-2)16-19-11-9-8-10-18(19)15-23-22(25)17-12-13-20(26-4)21(14-17)27-7-3/h8-14H,5-7,15-16H2,1-4H3,(H,23,25). The third-order valence-corrected chi connectivity index (χ3v) is 4.57. The molecule has 5 heteroatoms. The van der Waals surface area contributed by atoms with Crippen LogP contribution in [0.3, 0.4) is 0 Å². The van der Waals surface area contributed by atoms with Crippen molar-refractivity contribution in [2.45, 2.75) is 33.9 Å². The first-order valence-electron chi connectivity index (χ1n) is 9.51. The molecule has 146 valence electrons. The Kier molecular flexibility index (Phi) is 8.14. The molecule has 0 aliphatic rings. The number of methoxy groups -OCH3 is 1. The lowest BCUT2D eigenvalue weighted by atomic mass is 10.1. The summed E-state index contributed by atoms with van der Waals surface area (Å²) in [6, 6.07) is 13.5. The molecule has 0 radical (unpaired) electrons. The summed E-state index contributed by atoms with van der Waals surface area (Å²) >= 11 is 0. The molecule has 0 unspecified atom stereocenters. The fourth-order valence-electron chi connectivity index (χ4n) is 2.94. The van der Waals surface area contributed by atoms with Crippen LogP contribution in [0.25, 0.3) is 0 Å². The molecule has 2 rings (SSSR count). The number of carbonyl (C=O) groups excluding carboxylic acids is 1. The van der Waals surface area contributed by atoms with E-state index in [1.54, 1.807) is 25.3 Å². The van der Waals surface area contributed by atoms with E-state index in [4.69, 9.17) is 9.47 Å². The van der Waals surface area contributed by atoms with E-state index in [9.17, 15) is 4.79 Å². The van der Waals surface area contributed by atoms with Crippen LogP contribution in [-0.4, -0.2) is 37.6 Å². The van der Waals surface area contributed by atoms with Crippen LogP contribution >= 0.6 is 0 Å². The van der Waals surface area contributed by atoms with Gasteiger partial charge in [-0.15, -0.1) is 0 Å². The zero-order valence-electron chi connectivity index (χ0n) is 16.7. The molecule has 0 heterocycles. The van der Waals surface area contributed by atoms with E-state index in [-0.39, 0.29) is 5.91 Å². The van der Waals surface area contributed by atoms with Crippen LogP contribution in [0.1, 0.15) is 42.3 Å². The molecule has 27 heavy (non-hydrogen) atoms. The molecule has 5 nitrogen and oxygen atoms in total. The summed E-state index contributed by atoms with van der Waals surface area (Å²) < 4.78 is 10.8. The van der Waals surface area contributed by atoms with Crippen molar-refractivity contribution in [2.75, 3.05) is 26.8 Å². The molecule has 0 atom stereocenters. The van der Waals surface area contributed by atoms with E-state index in [2.05, 4.69) is 36.2 Å². The number of nitrogens with one attached hydrogen (secondary N) is 1. The molecule has 0 bridgehead atoms. The first-order chi connectivity index (χ1) is 13.1. The quantitative estimate of drug-likeness (QED) is 0.690. The first-order valence-corrected chi connectivity index (χ1v) is 9.51. The molecule has 2 aromatic carbocycles. The summed E-state index contributed by atoms with van der Waals surface area (Å²) in [6.07, 6.45) is 0. The van der Waals surface area contributed by atoms with Gasteiger partial charge in [0.15, 0.2) is 11.5 Å². The number of carbonyl (C=O) groups is 1. The Hall–Kier alpha value is -2.53. The largest absolute Gasteiger partial charge is 0.493 e. The van der Waals surface area contributed by atoms with Crippen molar-refractivity contribution in [1.29, 1.82) is 0 Å². The maximum absolute atomic E-state index is 12.6. The topological polar surface area (TPSA) is 50.8 Å². The van der Waals surface area contributed by atoms with Crippen LogP contribution in [0, 0.1) is 0 Å². The van der Waals surface area contributed by atoms with Crippen molar-refractivity contribution in [3.8, 4) is 11.5 Å². The third-order valence-electron chi connectivity index (χ3n) is 4.57. The van der Waals surface area contributed by atoms with Gasteiger partial charge in [0.2, 0.25) is 0 Å². The average molecular weight is 370 g/mol. The average Bonchev–Trinajstić information content (AvgIpc) is 2.71. The monoisotopic (exact) mass is 370 g/mol. The fraction of sp³-hybridized carbons (Fsp3) is 0.409. The van der Waals surface area contributed by atoms with E-state index in [1.807, 2.05) is 19.1 Å². The fourth-order valence-corrected chi connectivity index (χ4v) is 2.94. The van der Waals surface area contributed by atoms with Crippen molar-refractivity contribution in [3.63, 3.8) is 0 Å². The van der Waals surface area contributed by atoms with Crippen LogP contribution in [-0.2, 0) is 13.1 Å². The molecule has 2 aromatic rings. The second kappa shape index (κ2) is 10.6. The van der Waals surface area contributed by atoms with Gasteiger partial charge in [-0.05, 0) is 49.3 Å². The summed E-state index contributed by atoms with van der Waals surface area (Å²) in [6.45, 7) is 10.1. The van der Waals surface area contributed by atoms with Gasteiger partial charge in [0.1, 0.15) is 0 Å². The van der Waals surface area contributed by atoms with Crippen molar-refractivity contribution in [1.82, 2.24) is 10.2 Å². The van der Waals surface area contributed by atoms with Crippen molar-refractivity contribution >= 4 is 5.91 Å². The van der Waals surface area contributed by atoms with Crippen molar-refractivity contribution in [2.24, 2.45) is 0 Å². The minimum absolute atomic E-state index is 0.128. The molecular weight excluding hydrogens is 340 g/mol. The van der Waals surface area contributed by atoms with E-state index >= 15 is 0 Å². The van der Waals surface area contributed by atoms with Gasteiger partial charge in [0.25, 0.3) is 5.91 Å². The lowest BCUT2D eigenvalue weighted by Gasteiger charge is -2.20. The molecule has 0 fully saturated rings. The van der Waals surface area contributed by atoms with Gasteiger partial charge < -0.3 is 14.8 Å². The molecular formula is C22H30N2O3. The van der Waals surface area contributed by atoms with E-state index in [1.165, 1.54) is 5.56 Å². The number of benzene rings is 2. The third kappa shape index (κ3) is 5.73. The molecule has 0 saturated carbocycles. The van der Waals surface area contributed by atoms with Crippen LogP contribution < -0.4 is 14.8 Å². The van der Waals surface area contributed by atoms with Gasteiger partial charge in [0, 0.05) is 18.7 Å². The van der Waals surface area contributed by atoms with Gasteiger partial charge in [0.05, 0.1) is 13.7 Å². The Labute approximate surface area is 162 Å². The number of hydrogen-bond acceptors (Lipinski definition) is 4. The Morgan fingerprint density at radius 3 is 2.33 bits per heavy atom.